The van der Waals surface area contributed by atoms with E-state index in [1.54, 1.807) is 6.20 Å². The van der Waals surface area contributed by atoms with Crippen molar-refractivity contribution in [3.05, 3.63) is 66.9 Å². The van der Waals surface area contributed by atoms with E-state index in [1.807, 2.05) is 60.7 Å². The first kappa shape index (κ1) is 20.9. The van der Waals surface area contributed by atoms with Gasteiger partial charge in [-0.2, -0.15) is 0 Å². The molecule has 0 unspecified atom stereocenters. The number of benzene rings is 2. The van der Waals surface area contributed by atoms with Crippen LogP contribution < -0.4 is 0 Å². The lowest BCUT2D eigenvalue weighted by molar-refractivity contribution is 0.772. The predicted octanol–water partition coefficient (Wildman–Crippen LogP) is 3.84. The number of pyridine rings is 1. The van der Waals surface area contributed by atoms with E-state index >= 15 is 0 Å². The Labute approximate surface area is 222 Å². The topological polar surface area (TPSA) is 173 Å². The molecule has 0 atom stereocenters. The fourth-order valence-corrected chi connectivity index (χ4v) is 5.09. The molecule has 2 N–H and O–H groups in total. The molecule has 0 saturated heterocycles. The van der Waals surface area contributed by atoms with Crippen LogP contribution in [0.2, 0.25) is 0 Å². The summed E-state index contributed by atoms with van der Waals surface area (Å²) in [4.78, 5) is 40.2. The van der Waals surface area contributed by atoms with Crippen molar-refractivity contribution in [3.8, 4) is 45.8 Å². The molecule has 0 fully saturated rings. The summed E-state index contributed by atoms with van der Waals surface area (Å²) in [7, 11) is 0. The van der Waals surface area contributed by atoms with Crippen molar-refractivity contribution >= 4 is 44.3 Å². The van der Waals surface area contributed by atoms with Crippen LogP contribution in [0.15, 0.2) is 66.9 Å². The molecular formula is C27H13N13. The lowest BCUT2D eigenvalue weighted by Gasteiger charge is -1.96. The predicted molar refractivity (Wildman–Crippen MR) is 145 cm³/mol. The van der Waals surface area contributed by atoms with Crippen molar-refractivity contribution in [3.63, 3.8) is 0 Å². The Bertz CT molecular complexity index is 2030. The lowest BCUT2D eigenvalue weighted by atomic mass is 10.1. The molecule has 0 spiro atoms. The van der Waals surface area contributed by atoms with Crippen molar-refractivity contribution < 1.29 is 0 Å². The normalized spacial score (nSPS) is 12.0. The van der Waals surface area contributed by atoms with Crippen LogP contribution >= 0.6 is 0 Å². The maximum atomic E-state index is 4.95. The molecule has 2 aliphatic rings. The Hall–Kier alpha value is -6.11. The summed E-state index contributed by atoms with van der Waals surface area (Å²) in [5.41, 5.74) is 5.29. The molecule has 13 nitrogen and oxygen atoms in total. The minimum Gasteiger partial charge on any atom is -0.324 e. The molecule has 2 aliphatic heterocycles. The van der Waals surface area contributed by atoms with E-state index in [2.05, 4.69) is 40.6 Å². The van der Waals surface area contributed by atoms with Crippen molar-refractivity contribution in [2.45, 2.75) is 0 Å². The summed E-state index contributed by atoms with van der Waals surface area (Å²) < 4.78 is 0. The highest BCUT2D eigenvalue weighted by Gasteiger charge is 2.25. The molecule has 0 aliphatic carbocycles. The number of rotatable bonds is 0. The van der Waals surface area contributed by atoms with Gasteiger partial charge in [0.1, 0.15) is 22.5 Å². The monoisotopic (exact) mass is 519 g/mol. The second-order valence-corrected chi connectivity index (χ2v) is 9.18. The molecule has 186 valence electrons. The summed E-state index contributed by atoms with van der Waals surface area (Å²) in [6.07, 6.45) is 1.70. The van der Waals surface area contributed by atoms with Crippen LogP contribution in [-0.2, 0) is 0 Å². The summed E-state index contributed by atoms with van der Waals surface area (Å²) in [6.45, 7) is 0. The van der Waals surface area contributed by atoms with Gasteiger partial charge < -0.3 is 9.97 Å². The van der Waals surface area contributed by atoms with Crippen LogP contribution in [0.5, 0.6) is 0 Å². The number of hydrogen-bond acceptors (Lipinski definition) is 11. The minimum atomic E-state index is 0.281. The van der Waals surface area contributed by atoms with Gasteiger partial charge in [-0.3, -0.25) is 4.98 Å². The molecule has 0 saturated carbocycles. The van der Waals surface area contributed by atoms with E-state index < -0.39 is 0 Å². The summed E-state index contributed by atoms with van der Waals surface area (Å²) in [6, 6.07) is 19.5. The molecule has 8 bridgehead atoms. The van der Waals surface area contributed by atoms with Gasteiger partial charge in [0.15, 0.2) is 40.3 Å². The van der Waals surface area contributed by atoms with E-state index in [-0.39, 0.29) is 5.82 Å². The average Bonchev–Trinajstić information content (AvgIpc) is 3.73. The third kappa shape index (κ3) is 2.93. The van der Waals surface area contributed by atoms with Gasteiger partial charge in [-0.05, 0) is 22.6 Å². The van der Waals surface area contributed by atoms with Gasteiger partial charge in [-0.25, -0.2) is 29.9 Å². The van der Waals surface area contributed by atoms with Crippen LogP contribution in [0.4, 0.5) is 0 Å². The number of fused-ring (bicyclic) bond motifs is 20. The van der Waals surface area contributed by atoms with Crippen LogP contribution in [0.3, 0.4) is 0 Å². The van der Waals surface area contributed by atoms with Gasteiger partial charge >= 0.3 is 0 Å². The minimum absolute atomic E-state index is 0.281. The Morgan fingerprint density at radius 1 is 0.450 bits per heavy atom. The van der Waals surface area contributed by atoms with E-state index in [9.17, 15) is 0 Å². The number of aromatic amines is 2. The zero-order valence-electron chi connectivity index (χ0n) is 20.3. The molecule has 13 heteroatoms. The molecule has 2 aromatic carbocycles. The summed E-state index contributed by atoms with van der Waals surface area (Å²) >= 11 is 0. The third-order valence-electron chi connectivity index (χ3n) is 6.88. The zero-order chi connectivity index (χ0) is 26.2. The Balaban J connectivity index is 1.51. The number of hydrogen-bond donors (Lipinski definition) is 2. The fraction of sp³-hybridized carbons (Fsp3) is 0. The lowest BCUT2D eigenvalue weighted by Crippen LogP contribution is -1.96. The van der Waals surface area contributed by atoms with Crippen LogP contribution in [-0.4, -0.2) is 65.5 Å². The van der Waals surface area contributed by atoms with Crippen LogP contribution in [0, 0.1) is 0 Å². The number of nitrogens with zero attached hydrogens (tertiary/aromatic N) is 11. The van der Waals surface area contributed by atoms with E-state index in [1.165, 1.54) is 0 Å². The van der Waals surface area contributed by atoms with Gasteiger partial charge in [0.25, 0.3) is 0 Å². The first-order chi connectivity index (χ1) is 19.8. The first-order valence-electron chi connectivity index (χ1n) is 12.3. The quantitative estimate of drug-likeness (QED) is 0.298. The van der Waals surface area contributed by atoms with Gasteiger partial charge in [-0.15, -0.1) is 10.2 Å². The third-order valence-corrected chi connectivity index (χ3v) is 6.88. The maximum absolute atomic E-state index is 4.95. The highest BCUT2D eigenvalue weighted by Crippen LogP contribution is 2.35. The zero-order valence-corrected chi connectivity index (χ0v) is 20.3. The molecule has 9 rings (SSSR count). The summed E-state index contributed by atoms with van der Waals surface area (Å²) in [5, 5.41) is 18.3. The van der Waals surface area contributed by atoms with E-state index in [0.29, 0.717) is 57.0 Å². The van der Waals surface area contributed by atoms with Crippen molar-refractivity contribution in [1.82, 2.24) is 65.5 Å². The summed E-state index contributed by atoms with van der Waals surface area (Å²) in [5.74, 6) is 1.65. The van der Waals surface area contributed by atoms with Gasteiger partial charge in [0.05, 0.1) is 0 Å². The Morgan fingerprint density at radius 3 is 1.62 bits per heavy atom. The first-order valence-corrected chi connectivity index (χ1v) is 12.3. The number of H-pyrrole nitrogens is 2. The largest absolute Gasteiger partial charge is 0.324 e. The molecular weight excluding hydrogens is 506 g/mol. The van der Waals surface area contributed by atoms with Crippen molar-refractivity contribution in [1.29, 1.82) is 0 Å². The highest BCUT2D eigenvalue weighted by molar-refractivity contribution is 6.05. The molecule has 40 heavy (non-hydrogen) atoms. The van der Waals surface area contributed by atoms with E-state index in [0.717, 1.165) is 27.3 Å². The van der Waals surface area contributed by atoms with Crippen molar-refractivity contribution in [2.24, 2.45) is 0 Å². The molecule has 5 aromatic heterocycles. The Morgan fingerprint density at radius 2 is 0.950 bits per heavy atom. The van der Waals surface area contributed by atoms with Crippen LogP contribution in [0.1, 0.15) is 0 Å². The molecule has 7 aromatic rings. The van der Waals surface area contributed by atoms with Gasteiger partial charge in [-0.1, -0.05) is 48.5 Å². The van der Waals surface area contributed by atoms with Crippen LogP contribution in [0.25, 0.3) is 90.1 Å². The molecule has 0 amide bonds. The average molecular weight is 519 g/mol. The maximum Gasteiger partial charge on any atom is 0.186 e. The standard InChI is InChI=1S/C27H13N13/c1-2-7-13-12(6-1)20-29-21-14-8-3-4-9-15(14)23(31-21)33-26-18-19(38-40-39-37-18)27(36-26)35-25-17-16(10-5-11-28-17)24(34-25)32-22(13)30-20/h1-11H,(H2,29,30,31,32,33,34,35,36). The molecule has 7 heterocycles. The highest BCUT2D eigenvalue weighted by atomic mass is 15.4. The Kier molecular flexibility index (Phi) is 4.02. The number of aromatic nitrogens is 13. The SMILES string of the molecule is c1ccc2c(c1)-c1nc-2nc2[nH]c(nc3nc(nc4[nH]c(n1)c1ccccc41)-c1nnnnc1-3)c1ncccc21. The smallest absolute Gasteiger partial charge is 0.186 e. The van der Waals surface area contributed by atoms with Gasteiger partial charge in [0, 0.05) is 33.5 Å². The van der Waals surface area contributed by atoms with E-state index in [4.69, 9.17) is 24.9 Å². The van der Waals surface area contributed by atoms with Gasteiger partial charge in [0.2, 0.25) is 0 Å². The van der Waals surface area contributed by atoms with Crippen molar-refractivity contribution in [2.75, 3.05) is 0 Å². The fourth-order valence-electron chi connectivity index (χ4n) is 5.09. The second-order valence-electron chi connectivity index (χ2n) is 9.18. The molecule has 0 radical (unpaired) electrons. The number of nitrogens with one attached hydrogen (secondary N) is 2. The second kappa shape index (κ2) is 7.70.